The fourth-order valence-corrected chi connectivity index (χ4v) is 3.50. The van der Waals surface area contributed by atoms with Crippen LogP contribution in [0.1, 0.15) is 26.0 Å². The average molecular weight is 275 g/mol. The molecular weight excluding hydrogens is 254 g/mol. The predicted octanol–water partition coefficient (Wildman–Crippen LogP) is 1.15. The van der Waals surface area contributed by atoms with E-state index >= 15 is 0 Å². The molecule has 0 aliphatic heterocycles. The molecule has 1 rings (SSSR count). The monoisotopic (exact) mass is 275 g/mol. The SMILES string of the molecule is CCC(C)N(CCOC)S(=O)(=O)c1cn[nH]c1C. The lowest BCUT2D eigenvalue weighted by Gasteiger charge is -2.27. The summed E-state index contributed by atoms with van der Waals surface area (Å²) in [6, 6.07) is -0.0700. The topological polar surface area (TPSA) is 75.3 Å². The number of H-pyrrole nitrogens is 1. The summed E-state index contributed by atoms with van der Waals surface area (Å²) in [5.41, 5.74) is 0.556. The Labute approximate surface area is 108 Å². The zero-order chi connectivity index (χ0) is 13.8. The standard InChI is InChI=1S/C11H21N3O3S/c1-5-9(2)14(6-7-17-4)18(15,16)11-8-12-13-10(11)3/h8-9H,5-7H2,1-4H3,(H,12,13). The number of methoxy groups -OCH3 is 1. The minimum Gasteiger partial charge on any atom is -0.383 e. The molecule has 18 heavy (non-hydrogen) atoms. The first-order valence-electron chi connectivity index (χ1n) is 5.95. The molecular formula is C11H21N3O3S. The molecule has 0 saturated heterocycles. The van der Waals surface area contributed by atoms with Crippen molar-refractivity contribution in [2.75, 3.05) is 20.3 Å². The number of nitrogens with one attached hydrogen (secondary N) is 1. The van der Waals surface area contributed by atoms with Gasteiger partial charge >= 0.3 is 0 Å². The summed E-state index contributed by atoms with van der Waals surface area (Å²) >= 11 is 0. The van der Waals surface area contributed by atoms with E-state index in [9.17, 15) is 8.42 Å². The van der Waals surface area contributed by atoms with Crippen molar-refractivity contribution in [3.8, 4) is 0 Å². The highest BCUT2D eigenvalue weighted by molar-refractivity contribution is 7.89. The van der Waals surface area contributed by atoms with Gasteiger partial charge in [-0.15, -0.1) is 0 Å². The van der Waals surface area contributed by atoms with Gasteiger partial charge < -0.3 is 4.74 Å². The number of nitrogens with zero attached hydrogens (tertiary/aromatic N) is 2. The smallest absolute Gasteiger partial charge is 0.246 e. The molecule has 1 N–H and O–H groups in total. The largest absolute Gasteiger partial charge is 0.383 e. The first-order valence-corrected chi connectivity index (χ1v) is 7.39. The van der Waals surface area contributed by atoms with Crippen LogP contribution in [-0.4, -0.2) is 49.2 Å². The summed E-state index contributed by atoms with van der Waals surface area (Å²) in [5.74, 6) is 0. The summed E-state index contributed by atoms with van der Waals surface area (Å²) in [7, 11) is -1.95. The van der Waals surface area contributed by atoms with Gasteiger partial charge in [-0.25, -0.2) is 8.42 Å². The Bertz CT molecular complexity index is 470. The van der Waals surface area contributed by atoms with Crippen LogP contribution < -0.4 is 0 Å². The second kappa shape index (κ2) is 6.31. The van der Waals surface area contributed by atoms with Crippen molar-refractivity contribution in [2.45, 2.75) is 38.1 Å². The number of hydrogen-bond acceptors (Lipinski definition) is 4. The van der Waals surface area contributed by atoms with E-state index in [1.807, 2.05) is 13.8 Å². The van der Waals surface area contributed by atoms with Gasteiger partial charge in [-0.1, -0.05) is 6.92 Å². The van der Waals surface area contributed by atoms with Crippen molar-refractivity contribution in [3.63, 3.8) is 0 Å². The van der Waals surface area contributed by atoms with Gasteiger partial charge in [0.2, 0.25) is 10.0 Å². The quantitative estimate of drug-likeness (QED) is 0.810. The lowest BCUT2D eigenvalue weighted by molar-refractivity contribution is 0.167. The normalized spacial score (nSPS) is 14.1. The number of rotatable bonds is 7. The van der Waals surface area contributed by atoms with Gasteiger partial charge in [0, 0.05) is 19.7 Å². The van der Waals surface area contributed by atoms with Crippen LogP contribution in [0.5, 0.6) is 0 Å². The highest BCUT2D eigenvalue weighted by Crippen LogP contribution is 2.20. The zero-order valence-corrected chi connectivity index (χ0v) is 12.1. The van der Waals surface area contributed by atoms with Crippen molar-refractivity contribution in [1.29, 1.82) is 0 Å². The number of hydrogen-bond donors (Lipinski definition) is 1. The molecule has 1 heterocycles. The molecule has 0 aliphatic carbocycles. The van der Waals surface area contributed by atoms with Crippen LogP contribution >= 0.6 is 0 Å². The van der Waals surface area contributed by atoms with Crippen molar-refractivity contribution >= 4 is 10.0 Å². The van der Waals surface area contributed by atoms with Crippen LogP contribution in [0.25, 0.3) is 0 Å². The lowest BCUT2D eigenvalue weighted by atomic mass is 10.3. The van der Waals surface area contributed by atoms with E-state index in [4.69, 9.17) is 4.74 Å². The van der Waals surface area contributed by atoms with Crippen molar-refractivity contribution in [3.05, 3.63) is 11.9 Å². The number of sulfonamides is 1. The van der Waals surface area contributed by atoms with Gasteiger partial charge in [0.05, 0.1) is 18.5 Å². The van der Waals surface area contributed by atoms with Crippen LogP contribution in [-0.2, 0) is 14.8 Å². The Balaban J connectivity index is 3.07. The summed E-state index contributed by atoms with van der Waals surface area (Å²) < 4.78 is 31.5. The van der Waals surface area contributed by atoms with Gasteiger partial charge in [-0.05, 0) is 20.3 Å². The van der Waals surface area contributed by atoms with Crippen LogP contribution in [0, 0.1) is 6.92 Å². The van der Waals surface area contributed by atoms with Crippen LogP contribution in [0.2, 0.25) is 0 Å². The highest BCUT2D eigenvalue weighted by Gasteiger charge is 2.30. The van der Waals surface area contributed by atoms with Gasteiger partial charge in [0.1, 0.15) is 4.90 Å². The predicted molar refractivity (Wildman–Crippen MR) is 68.8 cm³/mol. The Morgan fingerprint density at radius 1 is 1.56 bits per heavy atom. The maximum absolute atomic E-state index is 12.5. The molecule has 0 aliphatic rings. The molecule has 0 fully saturated rings. The summed E-state index contributed by atoms with van der Waals surface area (Å²) in [6.45, 7) is 6.27. The molecule has 0 saturated carbocycles. The van der Waals surface area contributed by atoms with Crippen molar-refractivity contribution in [1.82, 2.24) is 14.5 Å². The lowest BCUT2D eigenvalue weighted by Crippen LogP contribution is -2.40. The molecule has 1 atom stereocenters. The first kappa shape index (κ1) is 15.1. The zero-order valence-electron chi connectivity index (χ0n) is 11.3. The Morgan fingerprint density at radius 3 is 2.67 bits per heavy atom. The maximum Gasteiger partial charge on any atom is 0.246 e. The molecule has 1 aromatic rings. The minimum atomic E-state index is -3.51. The molecule has 0 bridgehead atoms. The van der Waals surface area contributed by atoms with E-state index in [2.05, 4.69) is 10.2 Å². The Morgan fingerprint density at radius 2 is 2.22 bits per heavy atom. The second-order valence-corrected chi connectivity index (χ2v) is 6.08. The molecule has 7 heteroatoms. The van der Waals surface area contributed by atoms with E-state index in [-0.39, 0.29) is 10.9 Å². The van der Waals surface area contributed by atoms with E-state index in [0.717, 1.165) is 6.42 Å². The molecule has 1 unspecified atom stereocenters. The average Bonchev–Trinajstić information content (AvgIpc) is 2.76. The summed E-state index contributed by atoms with van der Waals surface area (Å²) in [6.07, 6.45) is 2.10. The molecule has 1 aromatic heterocycles. The number of ether oxygens (including phenoxy) is 1. The third-order valence-corrected chi connectivity index (χ3v) is 5.10. The van der Waals surface area contributed by atoms with Crippen LogP contribution in [0.4, 0.5) is 0 Å². The number of aryl methyl sites for hydroxylation is 1. The van der Waals surface area contributed by atoms with Gasteiger partial charge in [-0.3, -0.25) is 5.10 Å². The van der Waals surface area contributed by atoms with Crippen molar-refractivity contribution in [2.24, 2.45) is 0 Å². The van der Waals surface area contributed by atoms with E-state index < -0.39 is 10.0 Å². The minimum absolute atomic E-state index is 0.0700. The first-order chi connectivity index (χ1) is 8.45. The fraction of sp³-hybridized carbons (Fsp3) is 0.727. The maximum atomic E-state index is 12.5. The molecule has 0 spiro atoms. The van der Waals surface area contributed by atoms with E-state index in [0.29, 0.717) is 18.8 Å². The Kier molecular flexibility index (Phi) is 5.30. The van der Waals surface area contributed by atoms with Crippen LogP contribution in [0.3, 0.4) is 0 Å². The highest BCUT2D eigenvalue weighted by atomic mass is 32.2. The third-order valence-electron chi connectivity index (χ3n) is 2.97. The van der Waals surface area contributed by atoms with E-state index in [1.54, 1.807) is 14.0 Å². The van der Waals surface area contributed by atoms with Gasteiger partial charge in [-0.2, -0.15) is 9.40 Å². The van der Waals surface area contributed by atoms with Gasteiger partial charge in [0.25, 0.3) is 0 Å². The van der Waals surface area contributed by atoms with Crippen LogP contribution in [0.15, 0.2) is 11.1 Å². The Hall–Kier alpha value is -0.920. The fourth-order valence-electron chi connectivity index (χ4n) is 1.69. The third kappa shape index (κ3) is 3.09. The summed E-state index contributed by atoms with van der Waals surface area (Å²) in [5, 5.41) is 6.43. The molecule has 0 aromatic carbocycles. The molecule has 104 valence electrons. The summed E-state index contributed by atoms with van der Waals surface area (Å²) in [4.78, 5) is 0.235. The molecule has 0 amide bonds. The van der Waals surface area contributed by atoms with E-state index in [1.165, 1.54) is 10.5 Å². The number of aromatic nitrogens is 2. The molecule has 0 radical (unpaired) electrons. The van der Waals surface area contributed by atoms with Gasteiger partial charge in [0.15, 0.2) is 0 Å². The number of aromatic amines is 1. The van der Waals surface area contributed by atoms with Crippen molar-refractivity contribution < 1.29 is 13.2 Å². The molecule has 6 nitrogen and oxygen atoms in total. The second-order valence-electron chi connectivity index (χ2n) is 4.23.